The fraction of sp³-hybridized carbons (Fsp3) is 0.273. The summed E-state index contributed by atoms with van der Waals surface area (Å²) in [5.41, 5.74) is 1.20. The van der Waals surface area contributed by atoms with Gasteiger partial charge in [0.1, 0.15) is 5.52 Å². The zero-order valence-electron chi connectivity index (χ0n) is 9.12. The van der Waals surface area contributed by atoms with Crippen molar-refractivity contribution in [1.82, 2.24) is 10.3 Å². The summed E-state index contributed by atoms with van der Waals surface area (Å²) < 4.78 is 41.0. The van der Waals surface area contributed by atoms with Gasteiger partial charge >= 0.3 is 12.1 Å². The third-order valence-corrected chi connectivity index (χ3v) is 2.22. The molecule has 0 fully saturated rings. The second-order valence-corrected chi connectivity index (χ2v) is 3.58. The van der Waals surface area contributed by atoms with Gasteiger partial charge in [-0.15, -0.1) is 0 Å². The highest BCUT2D eigenvalue weighted by Gasteiger charge is 2.38. The third-order valence-electron chi connectivity index (χ3n) is 2.22. The quantitative estimate of drug-likeness (QED) is 0.916. The van der Waals surface area contributed by atoms with Crippen LogP contribution in [0.1, 0.15) is 5.89 Å². The van der Waals surface area contributed by atoms with Crippen LogP contribution in [0.4, 0.5) is 13.2 Å². The lowest BCUT2D eigenvalue weighted by atomic mass is 10.3. The molecule has 0 saturated carbocycles. The van der Waals surface area contributed by atoms with Gasteiger partial charge in [0.2, 0.25) is 0 Å². The minimum Gasteiger partial charge on any atom is -0.441 e. The zero-order chi connectivity index (χ0) is 13.2. The number of aromatic nitrogens is 1. The van der Waals surface area contributed by atoms with E-state index in [1.54, 1.807) is 29.6 Å². The largest absolute Gasteiger partial charge is 0.471 e. The lowest BCUT2D eigenvalue weighted by Crippen LogP contribution is -2.37. The summed E-state index contributed by atoms with van der Waals surface area (Å²) in [5.74, 6) is -1.67. The highest BCUT2D eigenvalue weighted by molar-refractivity contribution is 5.81. The van der Waals surface area contributed by atoms with Crippen molar-refractivity contribution in [2.45, 2.75) is 12.6 Å². The third kappa shape index (κ3) is 2.79. The average molecular weight is 258 g/mol. The summed E-state index contributed by atoms with van der Waals surface area (Å²) in [6.45, 7) is -0.175. The van der Waals surface area contributed by atoms with E-state index < -0.39 is 12.1 Å². The molecule has 0 radical (unpaired) electrons. The van der Waals surface area contributed by atoms with Gasteiger partial charge in [0, 0.05) is 13.0 Å². The first-order chi connectivity index (χ1) is 8.47. The number of hydrogen-bond donors (Lipinski definition) is 1. The number of amides is 1. The maximum absolute atomic E-state index is 11.9. The van der Waals surface area contributed by atoms with Crippen LogP contribution < -0.4 is 5.32 Å². The van der Waals surface area contributed by atoms with Crippen molar-refractivity contribution in [3.63, 3.8) is 0 Å². The van der Waals surface area contributed by atoms with Crippen LogP contribution in [0.15, 0.2) is 28.7 Å². The molecule has 1 heterocycles. The predicted octanol–water partition coefficient (Wildman–Crippen LogP) is 2.05. The van der Waals surface area contributed by atoms with E-state index in [4.69, 9.17) is 4.42 Å². The Morgan fingerprint density at radius 1 is 1.33 bits per heavy atom. The van der Waals surface area contributed by atoms with Crippen LogP contribution in [0.25, 0.3) is 11.1 Å². The Balaban J connectivity index is 1.93. The van der Waals surface area contributed by atoms with E-state index in [0.717, 1.165) is 0 Å². The lowest BCUT2D eigenvalue weighted by Gasteiger charge is -2.05. The van der Waals surface area contributed by atoms with Crippen LogP contribution in [0.3, 0.4) is 0 Å². The van der Waals surface area contributed by atoms with E-state index in [1.165, 1.54) is 0 Å². The first kappa shape index (κ1) is 12.4. The minimum atomic E-state index is -4.86. The fourth-order valence-electron chi connectivity index (χ4n) is 1.41. The molecule has 4 nitrogen and oxygen atoms in total. The Bertz CT molecular complexity index is 530. The molecule has 0 spiro atoms. The van der Waals surface area contributed by atoms with Gasteiger partial charge in [-0.25, -0.2) is 4.98 Å². The van der Waals surface area contributed by atoms with Crippen LogP contribution in [0.5, 0.6) is 0 Å². The highest BCUT2D eigenvalue weighted by Crippen LogP contribution is 2.16. The van der Waals surface area contributed by atoms with E-state index in [0.29, 0.717) is 17.0 Å². The molecule has 1 aromatic carbocycles. The molecule has 2 aromatic rings. The van der Waals surface area contributed by atoms with E-state index in [1.807, 2.05) is 0 Å². The van der Waals surface area contributed by atoms with Gasteiger partial charge in [0.05, 0.1) is 0 Å². The van der Waals surface area contributed by atoms with Crippen molar-refractivity contribution in [2.75, 3.05) is 6.54 Å². The molecule has 0 aliphatic carbocycles. The minimum absolute atomic E-state index is 0.108. The number of hydrogen-bond acceptors (Lipinski definition) is 3. The molecule has 18 heavy (non-hydrogen) atoms. The molecule has 0 saturated heterocycles. The first-order valence-electron chi connectivity index (χ1n) is 5.16. The Morgan fingerprint density at radius 2 is 2.06 bits per heavy atom. The van der Waals surface area contributed by atoms with Gasteiger partial charge in [-0.3, -0.25) is 4.79 Å². The van der Waals surface area contributed by atoms with E-state index in [-0.39, 0.29) is 13.0 Å². The molecule has 0 unspecified atom stereocenters. The van der Waals surface area contributed by atoms with Crippen LogP contribution in [0, 0.1) is 0 Å². The van der Waals surface area contributed by atoms with Crippen molar-refractivity contribution < 1.29 is 22.4 Å². The Hall–Kier alpha value is -2.05. The van der Waals surface area contributed by atoms with Crippen molar-refractivity contribution in [3.05, 3.63) is 30.2 Å². The normalized spacial score (nSPS) is 11.7. The molecule has 1 aromatic heterocycles. The maximum atomic E-state index is 11.9. The number of rotatable bonds is 3. The van der Waals surface area contributed by atoms with Gasteiger partial charge in [-0.1, -0.05) is 12.1 Å². The fourth-order valence-corrected chi connectivity index (χ4v) is 1.41. The lowest BCUT2D eigenvalue weighted by molar-refractivity contribution is -0.173. The predicted molar refractivity (Wildman–Crippen MR) is 56.8 cm³/mol. The molecule has 7 heteroatoms. The second kappa shape index (κ2) is 4.67. The van der Waals surface area contributed by atoms with Gasteiger partial charge in [-0.05, 0) is 12.1 Å². The van der Waals surface area contributed by atoms with Crippen molar-refractivity contribution >= 4 is 17.0 Å². The summed E-state index contributed by atoms with van der Waals surface area (Å²) >= 11 is 0. The topological polar surface area (TPSA) is 55.1 Å². The molecule has 96 valence electrons. The Labute approximate surface area is 99.8 Å². The number of carbonyl (C=O) groups excluding carboxylic acids is 1. The summed E-state index contributed by atoms with van der Waals surface area (Å²) in [4.78, 5) is 14.6. The second-order valence-electron chi connectivity index (χ2n) is 3.58. The van der Waals surface area contributed by atoms with Crippen molar-refractivity contribution in [3.8, 4) is 0 Å². The standard InChI is InChI=1S/C11H9F3N2O2/c12-11(13,14)10(17)15-6-5-9-16-7-3-1-2-4-8(7)18-9/h1-4H,5-6H2,(H,15,17). The van der Waals surface area contributed by atoms with Gasteiger partial charge < -0.3 is 9.73 Å². The zero-order valence-corrected chi connectivity index (χ0v) is 9.12. The number of halogens is 3. The van der Waals surface area contributed by atoms with Crippen LogP contribution in [-0.2, 0) is 11.2 Å². The number of nitrogens with one attached hydrogen (secondary N) is 1. The average Bonchev–Trinajstić information content (AvgIpc) is 2.70. The van der Waals surface area contributed by atoms with Gasteiger partial charge in [0.15, 0.2) is 11.5 Å². The van der Waals surface area contributed by atoms with E-state index >= 15 is 0 Å². The Kier molecular flexibility index (Phi) is 3.22. The van der Waals surface area contributed by atoms with Crippen LogP contribution in [0.2, 0.25) is 0 Å². The first-order valence-corrected chi connectivity index (χ1v) is 5.16. The Morgan fingerprint density at radius 3 is 2.72 bits per heavy atom. The summed E-state index contributed by atoms with van der Waals surface area (Å²) in [6, 6.07) is 6.99. The number of carbonyl (C=O) groups is 1. The number of fused-ring (bicyclic) bond motifs is 1. The number of oxazole rings is 1. The van der Waals surface area contributed by atoms with Crippen molar-refractivity contribution in [1.29, 1.82) is 0 Å². The van der Waals surface area contributed by atoms with Gasteiger partial charge in [-0.2, -0.15) is 13.2 Å². The molecule has 2 rings (SSSR count). The maximum Gasteiger partial charge on any atom is 0.471 e. The molecule has 0 bridgehead atoms. The molecular weight excluding hydrogens is 249 g/mol. The van der Waals surface area contributed by atoms with E-state index in [2.05, 4.69) is 4.98 Å². The number of alkyl halides is 3. The summed E-state index contributed by atoms with van der Waals surface area (Å²) in [7, 11) is 0. The molecule has 1 amide bonds. The SMILES string of the molecule is O=C(NCCc1nc2ccccc2o1)C(F)(F)F. The van der Waals surface area contributed by atoms with Crippen molar-refractivity contribution in [2.24, 2.45) is 0 Å². The van der Waals surface area contributed by atoms with Gasteiger partial charge in [0.25, 0.3) is 0 Å². The molecular formula is C11H9F3N2O2. The number of para-hydroxylation sites is 2. The summed E-state index contributed by atoms with van der Waals surface area (Å²) in [6.07, 6.45) is -4.75. The monoisotopic (exact) mass is 258 g/mol. The molecule has 1 N–H and O–H groups in total. The summed E-state index contributed by atoms with van der Waals surface area (Å²) in [5, 5.41) is 1.75. The number of benzene rings is 1. The number of nitrogens with zero attached hydrogens (tertiary/aromatic N) is 1. The highest BCUT2D eigenvalue weighted by atomic mass is 19.4. The van der Waals surface area contributed by atoms with Crippen LogP contribution >= 0.6 is 0 Å². The molecule has 0 aliphatic heterocycles. The van der Waals surface area contributed by atoms with E-state index in [9.17, 15) is 18.0 Å². The van der Waals surface area contributed by atoms with Crippen LogP contribution in [-0.4, -0.2) is 23.6 Å². The molecule has 0 aliphatic rings. The molecule has 0 atom stereocenters. The smallest absolute Gasteiger partial charge is 0.441 e.